The van der Waals surface area contributed by atoms with E-state index in [9.17, 15) is 9.18 Å². The van der Waals surface area contributed by atoms with Crippen molar-refractivity contribution < 1.29 is 13.9 Å². The molecule has 0 aliphatic heterocycles. The van der Waals surface area contributed by atoms with Gasteiger partial charge in [-0.15, -0.1) is 11.3 Å². The third-order valence-corrected chi connectivity index (χ3v) is 4.15. The van der Waals surface area contributed by atoms with Gasteiger partial charge < -0.3 is 4.74 Å². The molecule has 0 saturated heterocycles. The minimum atomic E-state index is -0.548. The van der Waals surface area contributed by atoms with Gasteiger partial charge in [0.2, 0.25) is 0 Å². The molecule has 0 fully saturated rings. The van der Waals surface area contributed by atoms with Crippen LogP contribution >= 0.6 is 11.3 Å². The number of halogens is 1. The van der Waals surface area contributed by atoms with Crippen LogP contribution in [0.2, 0.25) is 0 Å². The Bertz CT molecular complexity index is 728. The van der Waals surface area contributed by atoms with Crippen LogP contribution in [-0.4, -0.2) is 13.1 Å². The number of esters is 1. The summed E-state index contributed by atoms with van der Waals surface area (Å²) in [6.07, 6.45) is 0. The van der Waals surface area contributed by atoms with E-state index in [0.717, 1.165) is 11.1 Å². The van der Waals surface area contributed by atoms with Gasteiger partial charge in [-0.05, 0) is 43.2 Å². The van der Waals surface area contributed by atoms with Crippen LogP contribution in [0.5, 0.6) is 0 Å². The Labute approximate surface area is 120 Å². The van der Waals surface area contributed by atoms with Gasteiger partial charge in [-0.2, -0.15) is 5.26 Å². The van der Waals surface area contributed by atoms with Crippen LogP contribution in [0.4, 0.5) is 4.39 Å². The van der Waals surface area contributed by atoms with Gasteiger partial charge in [0.1, 0.15) is 16.8 Å². The van der Waals surface area contributed by atoms with E-state index in [0.29, 0.717) is 15.3 Å². The van der Waals surface area contributed by atoms with E-state index in [4.69, 9.17) is 10.00 Å². The summed E-state index contributed by atoms with van der Waals surface area (Å²) in [5.74, 6) is -0.974. The van der Waals surface area contributed by atoms with Crippen LogP contribution in [0.25, 0.3) is 10.4 Å². The number of thiophene rings is 1. The van der Waals surface area contributed by atoms with Crippen molar-refractivity contribution in [1.82, 2.24) is 0 Å². The summed E-state index contributed by atoms with van der Waals surface area (Å²) in [5, 5.41) is 9.11. The average molecular weight is 289 g/mol. The van der Waals surface area contributed by atoms with E-state index < -0.39 is 11.8 Å². The summed E-state index contributed by atoms with van der Waals surface area (Å²) in [4.78, 5) is 12.8. The SMILES string of the molecule is COC(=O)c1sc(-c2cc(C)cc(F)c2C#N)cc1C. The first-order valence-corrected chi connectivity index (χ1v) is 6.69. The van der Waals surface area contributed by atoms with Gasteiger partial charge in [-0.25, -0.2) is 9.18 Å². The van der Waals surface area contributed by atoms with Crippen molar-refractivity contribution in [3.05, 3.63) is 45.6 Å². The summed E-state index contributed by atoms with van der Waals surface area (Å²) >= 11 is 1.20. The maximum absolute atomic E-state index is 13.8. The highest BCUT2D eigenvalue weighted by Gasteiger charge is 2.18. The molecule has 5 heteroatoms. The molecule has 0 saturated carbocycles. The van der Waals surface area contributed by atoms with E-state index in [1.807, 2.05) is 6.07 Å². The molecule has 3 nitrogen and oxygen atoms in total. The van der Waals surface area contributed by atoms with E-state index in [-0.39, 0.29) is 5.56 Å². The topological polar surface area (TPSA) is 50.1 Å². The van der Waals surface area contributed by atoms with Crippen molar-refractivity contribution in [2.45, 2.75) is 13.8 Å². The predicted octanol–water partition coefficient (Wildman–Crippen LogP) is 3.83. The summed E-state index contributed by atoms with van der Waals surface area (Å²) in [7, 11) is 1.31. The number of rotatable bonds is 2. The third-order valence-electron chi connectivity index (χ3n) is 2.90. The second-order valence-corrected chi connectivity index (χ2v) is 5.45. The molecule has 1 heterocycles. The zero-order valence-corrected chi connectivity index (χ0v) is 12.1. The molecule has 20 heavy (non-hydrogen) atoms. The number of hydrogen-bond donors (Lipinski definition) is 0. The van der Waals surface area contributed by atoms with Crippen LogP contribution in [0.1, 0.15) is 26.4 Å². The second-order valence-electron chi connectivity index (χ2n) is 4.40. The first-order chi connectivity index (χ1) is 9.47. The number of nitriles is 1. The van der Waals surface area contributed by atoms with Crippen molar-refractivity contribution >= 4 is 17.3 Å². The third kappa shape index (κ3) is 2.43. The Hall–Kier alpha value is -2.19. The zero-order valence-electron chi connectivity index (χ0n) is 11.3. The molecule has 0 radical (unpaired) electrons. The lowest BCUT2D eigenvalue weighted by Gasteiger charge is -2.04. The molecule has 1 aromatic carbocycles. The second kappa shape index (κ2) is 5.43. The largest absolute Gasteiger partial charge is 0.465 e. The number of carbonyl (C=O) groups is 1. The number of hydrogen-bond acceptors (Lipinski definition) is 4. The Morgan fingerprint density at radius 1 is 1.35 bits per heavy atom. The first-order valence-electron chi connectivity index (χ1n) is 5.87. The summed E-state index contributed by atoms with van der Waals surface area (Å²) in [6.45, 7) is 3.54. The fourth-order valence-corrected chi connectivity index (χ4v) is 3.07. The molecular formula is C15H12FNO2S. The van der Waals surface area contributed by atoms with Crippen molar-refractivity contribution in [3.63, 3.8) is 0 Å². The molecule has 0 N–H and O–H groups in total. The number of methoxy groups -OCH3 is 1. The van der Waals surface area contributed by atoms with Crippen molar-refractivity contribution in [2.75, 3.05) is 7.11 Å². The van der Waals surface area contributed by atoms with Gasteiger partial charge in [0, 0.05) is 10.4 Å². The standard InChI is InChI=1S/C15H12FNO2S/c1-8-4-10(11(7-17)12(16)5-8)13-6-9(2)14(20-13)15(18)19-3/h4-6H,1-3H3. The zero-order chi connectivity index (χ0) is 14.9. The lowest BCUT2D eigenvalue weighted by molar-refractivity contribution is 0.0605. The number of aryl methyl sites for hydroxylation is 2. The fraction of sp³-hybridized carbons (Fsp3) is 0.200. The molecule has 2 aromatic rings. The minimum absolute atomic E-state index is 0.00624. The first kappa shape index (κ1) is 14.2. The van der Waals surface area contributed by atoms with Gasteiger partial charge in [0.05, 0.1) is 12.7 Å². The normalized spacial score (nSPS) is 10.2. The molecule has 0 unspecified atom stereocenters. The Morgan fingerprint density at radius 2 is 2.05 bits per heavy atom. The van der Waals surface area contributed by atoms with Gasteiger partial charge in [-0.3, -0.25) is 0 Å². The minimum Gasteiger partial charge on any atom is -0.465 e. The number of benzene rings is 1. The molecule has 0 atom stereocenters. The van der Waals surface area contributed by atoms with Crippen LogP contribution in [0.3, 0.4) is 0 Å². The molecule has 0 amide bonds. The number of carbonyl (C=O) groups excluding carboxylic acids is 1. The Morgan fingerprint density at radius 3 is 2.65 bits per heavy atom. The molecule has 1 aromatic heterocycles. The highest BCUT2D eigenvalue weighted by molar-refractivity contribution is 7.17. The summed E-state index contributed by atoms with van der Waals surface area (Å²) in [5.41, 5.74) is 1.98. The van der Waals surface area contributed by atoms with Gasteiger partial charge in [0.25, 0.3) is 0 Å². The molecule has 0 aliphatic rings. The quantitative estimate of drug-likeness (QED) is 0.789. The maximum Gasteiger partial charge on any atom is 0.348 e. The molecule has 0 bridgehead atoms. The van der Waals surface area contributed by atoms with Crippen molar-refractivity contribution in [1.29, 1.82) is 5.26 Å². The highest BCUT2D eigenvalue weighted by atomic mass is 32.1. The molecule has 0 spiro atoms. The van der Waals surface area contributed by atoms with Crippen LogP contribution in [0.15, 0.2) is 18.2 Å². The van der Waals surface area contributed by atoms with Crippen LogP contribution < -0.4 is 0 Å². The van der Waals surface area contributed by atoms with Crippen LogP contribution in [0, 0.1) is 31.0 Å². The van der Waals surface area contributed by atoms with E-state index >= 15 is 0 Å². The van der Waals surface area contributed by atoms with Gasteiger partial charge in [0.15, 0.2) is 0 Å². The maximum atomic E-state index is 13.8. The smallest absolute Gasteiger partial charge is 0.348 e. The average Bonchev–Trinajstić information content (AvgIpc) is 2.79. The molecule has 102 valence electrons. The molecule has 0 aliphatic carbocycles. The predicted molar refractivity (Wildman–Crippen MR) is 75.2 cm³/mol. The Balaban J connectivity index is 2.64. The van der Waals surface area contributed by atoms with Gasteiger partial charge in [-0.1, -0.05) is 0 Å². The van der Waals surface area contributed by atoms with Crippen molar-refractivity contribution in [3.8, 4) is 16.5 Å². The summed E-state index contributed by atoms with van der Waals surface area (Å²) in [6, 6.07) is 6.71. The van der Waals surface area contributed by atoms with E-state index in [1.54, 1.807) is 26.0 Å². The van der Waals surface area contributed by atoms with Gasteiger partial charge >= 0.3 is 5.97 Å². The molecule has 2 rings (SSSR count). The van der Waals surface area contributed by atoms with E-state index in [1.165, 1.54) is 24.5 Å². The Kier molecular flexibility index (Phi) is 3.86. The number of ether oxygens (including phenoxy) is 1. The molecular weight excluding hydrogens is 277 g/mol. The highest BCUT2D eigenvalue weighted by Crippen LogP contribution is 2.35. The fourth-order valence-electron chi connectivity index (χ4n) is 1.96. The monoisotopic (exact) mass is 289 g/mol. The van der Waals surface area contributed by atoms with Crippen molar-refractivity contribution in [2.24, 2.45) is 0 Å². The van der Waals surface area contributed by atoms with E-state index in [2.05, 4.69) is 0 Å². The lowest BCUT2D eigenvalue weighted by Crippen LogP contribution is -1.99. The lowest BCUT2D eigenvalue weighted by atomic mass is 10.0. The van der Waals surface area contributed by atoms with Crippen LogP contribution in [-0.2, 0) is 4.74 Å². The number of nitrogens with zero attached hydrogens (tertiary/aromatic N) is 1. The summed E-state index contributed by atoms with van der Waals surface area (Å²) < 4.78 is 18.5.